The summed E-state index contributed by atoms with van der Waals surface area (Å²) in [7, 11) is -3.60. The Bertz CT molecular complexity index is 722. The van der Waals surface area contributed by atoms with Crippen LogP contribution in [0.3, 0.4) is 0 Å². The molecule has 3 nitrogen and oxygen atoms in total. The molecule has 0 saturated carbocycles. The van der Waals surface area contributed by atoms with E-state index in [-0.39, 0.29) is 4.90 Å². The smallest absolute Gasteiger partial charge is 0.207 e. The van der Waals surface area contributed by atoms with Gasteiger partial charge < -0.3 is 0 Å². The van der Waals surface area contributed by atoms with E-state index in [4.69, 9.17) is 0 Å². The molecule has 2 aromatic rings. The Kier molecular flexibility index (Phi) is 4.84. The van der Waals surface area contributed by atoms with Crippen LogP contribution >= 0.6 is 0 Å². The van der Waals surface area contributed by atoms with Crippen molar-refractivity contribution in [3.05, 3.63) is 78.9 Å². The Morgan fingerprint density at radius 3 is 2.00 bits per heavy atom. The Labute approximate surface area is 132 Å². The molecule has 0 aliphatic carbocycles. The molecule has 1 atom stereocenters. The number of benzene rings is 2. The molecule has 0 heterocycles. The number of nitrogens with one attached hydrogen (secondary N) is 1. The molecule has 2 aromatic carbocycles. The summed E-state index contributed by atoms with van der Waals surface area (Å²) in [6.45, 7) is 7.77. The average molecular weight is 315 g/mol. The number of rotatable bonds is 6. The molecule has 0 amide bonds. The molecule has 0 aliphatic heterocycles. The van der Waals surface area contributed by atoms with Gasteiger partial charge in [-0.05, 0) is 17.7 Å². The van der Waals surface area contributed by atoms with Crippen molar-refractivity contribution in [3.8, 4) is 0 Å². The summed E-state index contributed by atoms with van der Waals surface area (Å²) in [5, 5.41) is 0. The van der Waals surface area contributed by atoms with Gasteiger partial charge in [0.25, 0.3) is 0 Å². The van der Waals surface area contributed by atoms with Gasteiger partial charge in [-0.25, -0.2) is 13.1 Å². The zero-order valence-corrected chi connectivity index (χ0v) is 13.7. The maximum absolute atomic E-state index is 12.6. The summed E-state index contributed by atoms with van der Waals surface area (Å²) in [6, 6.07) is 17.6. The largest absolute Gasteiger partial charge is 0.241 e. The quantitative estimate of drug-likeness (QED) is 0.821. The predicted octanol–water partition coefficient (Wildman–Crippen LogP) is 3.92. The van der Waals surface area contributed by atoms with Gasteiger partial charge in [-0.3, -0.25) is 0 Å². The Morgan fingerprint density at radius 1 is 1.00 bits per heavy atom. The van der Waals surface area contributed by atoms with Gasteiger partial charge in [0.1, 0.15) is 0 Å². The molecule has 2 rings (SSSR count). The van der Waals surface area contributed by atoms with Gasteiger partial charge in [0.15, 0.2) is 0 Å². The lowest BCUT2D eigenvalue weighted by atomic mass is 9.81. The van der Waals surface area contributed by atoms with Gasteiger partial charge in [-0.1, -0.05) is 68.5 Å². The van der Waals surface area contributed by atoms with Gasteiger partial charge in [-0.15, -0.1) is 6.58 Å². The molecule has 0 bridgehead atoms. The van der Waals surface area contributed by atoms with Gasteiger partial charge >= 0.3 is 0 Å². The van der Waals surface area contributed by atoms with E-state index in [1.54, 1.807) is 36.4 Å². The van der Waals surface area contributed by atoms with E-state index in [1.165, 1.54) is 0 Å². The van der Waals surface area contributed by atoms with E-state index >= 15 is 0 Å². The van der Waals surface area contributed by atoms with Crippen molar-refractivity contribution in [2.45, 2.75) is 24.8 Å². The van der Waals surface area contributed by atoms with Gasteiger partial charge in [-0.2, -0.15) is 0 Å². The van der Waals surface area contributed by atoms with E-state index in [1.807, 2.05) is 44.2 Å². The van der Waals surface area contributed by atoms with Crippen LogP contribution in [0.5, 0.6) is 0 Å². The molecule has 0 aromatic heterocycles. The number of hydrogen-bond donors (Lipinski definition) is 1. The minimum Gasteiger partial charge on any atom is -0.207 e. The SMILES string of the molecule is C=CC(C)(C)C(NS(=O)(=O)c1ccccc1)c1ccccc1. The van der Waals surface area contributed by atoms with Crippen molar-refractivity contribution in [2.24, 2.45) is 5.41 Å². The predicted molar refractivity (Wildman–Crippen MR) is 89.9 cm³/mol. The van der Waals surface area contributed by atoms with Crippen molar-refractivity contribution in [1.82, 2.24) is 4.72 Å². The van der Waals surface area contributed by atoms with E-state index in [0.29, 0.717) is 0 Å². The fraction of sp³-hybridized carbons (Fsp3) is 0.222. The van der Waals surface area contributed by atoms with E-state index in [9.17, 15) is 8.42 Å². The second-order valence-corrected chi connectivity index (χ2v) is 7.52. The van der Waals surface area contributed by atoms with Crippen LogP contribution in [0.1, 0.15) is 25.5 Å². The Morgan fingerprint density at radius 2 is 1.50 bits per heavy atom. The molecular formula is C18H21NO2S. The maximum Gasteiger partial charge on any atom is 0.241 e. The molecular weight excluding hydrogens is 294 g/mol. The molecule has 0 spiro atoms. The third-order valence-electron chi connectivity index (χ3n) is 3.73. The third kappa shape index (κ3) is 3.64. The van der Waals surface area contributed by atoms with Gasteiger partial charge in [0.05, 0.1) is 10.9 Å². The first kappa shape index (κ1) is 16.5. The Balaban J connectivity index is 2.42. The summed E-state index contributed by atoms with van der Waals surface area (Å²) < 4.78 is 28.1. The molecule has 0 saturated heterocycles. The van der Waals surface area contributed by atoms with Crippen LogP contribution in [0.15, 0.2) is 78.2 Å². The van der Waals surface area contributed by atoms with Crippen LogP contribution in [0.4, 0.5) is 0 Å². The van der Waals surface area contributed by atoms with Crippen molar-refractivity contribution in [1.29, 1.82) is 0 Å². The monoisotopic (exact) mass is 315 g/mol. The van der Waals surface area contributed by atoms with E-state index in [2.05, 4.69) is 11.3 Å². The average Bonchev–Trinajstić information content (AvgIpc) is 2.54. The molecule has 116 valence electrons. The van der Waals surface area contributed by atoms with Crippen LogP contribution < -0.4 is 4.72 Å². The van der Waals surface area contributed by atoms with Crippen molar-refractivity contribution >= 4 is 10.0 Å². The van der Waals surface area contributed by atoms with Crippen molar-refractivity contribution in [3.63, 3.8) is 0 Å². The second-order valence-electron chi connectivity index (χ2n) is 5.80. The molecule has 0 aliphatic rings. The van der Waals surface area contributed by atoms with Gasteiger partial charge in [0, 0.05) is 5.41 Å². The van der Waals surface area contributed by atoms with E-state index in [0.717, 1.165) is 5.56 Å². The summed E-state index contributed by atoms with van der Waals surface area (Å²) >= 11 is 0. The van der Waals surface area contributed by atoms with Crippen LogP contribution in [-0.2, 0) is 10.0 Å². The fourth-order valence-corrected chi connectivity index (χ4v) is 3.64. The number of sulfonamides is 1. The molecule has 0 radical (unpaired) electrons. The minimum absolute atomic E-state index is 0.260. The lowest BCUT2D eigenvalue weighted by Gasteiger charge is -2.32. The molecule has 0 fully saturated rings. The molecule has 22 heavy (non-hydrogen) atoms. The van der Waals surface area contributed by atoms with Crippen LogP contribution in [0, 0.1) is 5.41 Å². The highest BCUT2D eigenvalue weighted by molar-refractivity contribution is 7.89. The lowest BCUT2D eigenvalue weighted by molar-refractivity contribution is 0.353. The van der Waals surface area contributed by atoms with E-state index < -0.39 is 21.5 Å². The second kappa shape index (κ2) is 6.46. The standard InChI is InChI=1S/C18H21NO2S/c1-4-18(2,3)17(15-11-7-5-8-12-15)19-22(20,21)16-13-9-6-10-14-16/h4-14,17,19H,1H2,2-3H3. The van der Waals surface area contributed by atoms with Crippen LogP contribution in [-0.4, -0.2) is 8.42 Å². The lowest BCUT2D eigenvalue weighted by Crippen LogP contribution is -2.37. The highest BCUT2D eigenvalue weighted by Gasteiger charge is 2.32. The minimum atomic E-state index is -3.60. The highest BCUT2D eigenvalue weighted by Crippen LogP contribution is 2.35. The summed E-state index contributed by atoms with van der Waals surface area (Å²) in [6.07, 6.45) is 1.78. The highest BCUT2D eigenvalue weighted by atomic mass is 32.2. The third-order valence-corrected chi connectivity index (χ3v) is 5.17. The van der Waals surface area contributed by atoms with Crippen LogP contribution in [0.2, 0.25) is 0 Å². The van der Waals surface area contributed by atoms with Crippen molar-refractivity contribution < 1.29 is 8.42 Å². The summed E-state index contributed by atoms with van der Waals surface area (Å²) in [5.74, 6) is 0. The molecule has 4 heteroatoms. The molecule has 1 N–H and O–H groups in total. The summed E-state index contributed by atoms with van der Waals surface area (Å²) in [5.41, 5.74) is 0.482. The van der Waals surface area contributed by atoms with Gasteiger partial charge in [0.2, 0.25) is 10.0 Å². The van der Waals surface area contributed by atoms with Crippen molar-refractivity contribution in [2.75, 3.05) is 0 Å². The topological polar surface area (TPSA) is 46.2 Å². The first-order valence-electron chi connectivity index (χ1n) is 7.13. The first-order valence-corrected chi connectivity index (χ1v) is 8.61. The fourth-order valence-electron chi connectivity index (χ4n) is 2.24. The Hall–Kier alpha value is -1.91. The number of hydrogen-bond acceptors (Lipinski definition) is 2. The normalized spacial score (nSPS) is 13.5. The molecule has 1 unspecified atom stereocenters. The first-order chi connectivity index (χ1) is 10.4. The van der Waals surface area contributed by atoms with Crippen LogP contribution in [0.25, 0.3) is 0 Å². The maximum atomic E-state index is 12.6. The zero-order chi connectivity index (χ0) is 16.2. The zero-order valence-electron chi connectivity index (χ0n) is 12.9. The summed E-state index contributed by atoms with van der Waals surface area (Å²) in [4.78, 5) is 0.260.